The van der Waals surface area contributed by atoms with Gasteiger partial charge in [0.2, 0.25) is 12.4 Å². The van der Waals surface area contributed by atoms with Crippen molar-refractivity contribution in [1.29, 1.82) is 0 Å². The van der Waals surface area contributed by atoms with Crippen molar-refractivity contribution in [3.63, 3.8) is 0 Å². The van der Waals surface area contributed by atoms with Crippen molar-refractivity contribution in [3.8, 4) is 12.3 Å². The summed E-state index contributed by atoms with van der Waals surface area (Å²) in [6.45, 7) is 6.45. The maximum Gasteiger partial charge on any atom is 0.308 e. The van der Waals surface area contributed by atoms with Crippen LogP contribution in [-0.4, -0.2) is 86.8 Å². The Labute approximate surface area is 214 Å². The van der Waals surface area contributed by atoms with Gasteiger partial charge in [0.25, 0.3) is 0 Å². The highest BCUT2D eigenvalue weighted by atomic mass is 16.7. The molecule has 10 heteroatoms. The maximum atomic E-state index is 12.6. The summed E-state index contributed by atoms with van der Waals surface area (Å²) in [6, 6.07) is 0. The highest BCUT2D eigenvalue weighted by Gasteiger charge is 2.49. The van der Waals surface area contributed by atoms with Crippen molar-refractivity contribution in [1.82, 2.24) is 0 Å². The predicted octanol–water partition coefficient (Wildman–Crippen LogP) is 2.51. The number of quaternary nitrogens is 1. The molecule has 1 fully saturated rings. The lowest BCUT2D eigenvalue weighted by molar-refractivity contribution is -0.883. The summed E-state index contributed by atoms with van der Waals surface area (Å²) in [5.74, 6) is 0.440. The van der Waals surface area contributed by atoms with Crippen LogP contribution >= 0.6 is 0 Å². The van der Waals surface area contributed by atoms with Gasteiger partial charge in [-0.3, -0.25) is 19.2 Å². The van der Waals surface area contributed by atoms with Crippen LogP contribution in [0.15, 0.2) is 0 Å². The van der Waals surface area contributed by atoms with E-state index in [1.807, 2.05) is 34.9 Å². The van der Waals surface area contributed by atoms with Crippen LogP contribution in [0.1, 0.15) is 72.1 Å². The molecule has 0 aromatic heterocycles. The normalized spacial score (nSPS) is 21.7. The highest BCUT2D eigenvalue weighted by Crippen LogP contribution is 2.27. The second-order valence-corrected chi connectivity index (χ2v) is 9.50. The van der Waals surface area contributed by atoms with Crippen molar-refractivity contribution in [3.05, 3.63) is 0 Å². The van der Waals surface area contributed by atoms with Crippen molar-refractivity contribution >= 4 is 23.9 Å². The monoisotopic (exact) mass is 512 g/mol. The minimum atomic E-state index is -1.31. The lowest BCUT2D eigenvalue weighted by atomic mass is 10.0. The Hall–Kier alpha value is -2.64. The van der Waals surface area contributed by atoms with Crippen LogP contribution in [0.3, 0.4) is 0 Å². The molecule has 0 N–H and O–H groups in total. The first-order valence-corrected chi connectivity index (χ1v) is 12.7. The molecule has 204 valence electrons. The molecule has 0 saturated carbocycles. The molecular formula is C26H42NO9+. The third kappa shape index (κ3) is 11.4. The largest absolute Gasteiger partial charge is 0.456 e. The standard InChI is InChI=1S/C26H42NO9/c1-7-12-20(28)33-19-18-32-26(36-23(31)15-11-17-27(5,6)16-10-4)25(35-22(30)14-9-3)24(19)34-21(29)13-8-2/h4,19,24-26H,7-9,11-18H2,1-3,5-6H3/q+1/t19-,24?,25+,26-/m0/s1. The Balaban J connectivity index is 3.04. The van der Waals surface area contributed by atoms with Gasteiger partial charge in [-0.1, -0.05) is 20.8 Å². The van der Waals surface area contributed by atoms with Gasteiger partial charge in [0.05, 0.1) is 33.7 Å². The minimum absolute atomic E-state index is 0.0942. The molecule has 1 saturated heterocycles. The summed E-state index contributed by atoms with van der Waals surface area (Å²) < 4.78 is 28.4. The Morgan fingerprint density at radius 3 is 1.83 bits per heavy atom. The van der Waals surface area contributed by atoms with Crippen molar-refractivity contribution in [2.75, 3.05) is 33.8 Å². The fourth-order valence-electron chi connectivity index (χ4n) is 3.64. The predicted molar refractivity (Wildman–Crippen MR) is 130 cm³/mol. The second-order valence-electron chi connectivity index (χ2n) is 9.50. The molecular weight excluding hydrogens is 470 g/mol. The van der Waals surface area contributed by atoms with Gasteiger partial charge < -0.3 is 28.2 Å². The molecule has 0 spiro atoms. The van der Waals surface area contributed by atoms with E-state index in [-0.39, 0.29) is 32.3 Å². The van der Waals surface area contributed by atoms with Crippen molar-refractivity contribution < 1.29 is 47.3 Å². The first kappa shape index (κ1) is 31.4. The lowest BCUT2D eigenvalue weighted by Crippen LogP contribution is -2.58. The molecule has 0 amide bonds. The smallest absolute Gasteiger partial charge is 0.308 e. The SMILES string of the molecule is C#CC[N+](C)(C)CCCC(=O)O[C@@H]1OC[C@H](OC(=O)CCC)C(OC(=O)CCC)[C@H]1OC(=O)CCC. The minimum Gasteiger partial charge on any atom is -0.456 e. The fourth-order valence-corrected chi connectivity index (χ4v) is 3.64. The second kappa shape index (κ2) is 16.2. The summed E-state index contributed by atoms with van der Waals surface area (Å²) in [4.78, 5) is 49.6. The van der Waals surface area contributed by atoms with Crippen LogP contribution < -0.4 is 0 Å². The summed E-state index contributed by atoms with van der Waals surface area (Å²) in [7, 11) is 3.93. The van der Waals surface area contributed by atoms with Gasteiger partial charge >= 0.3 is 23.9 Å². The van der Waals surface area contributed by atoms with Gasteiger partial charge in [-0.05, 0) is 25.2 Å². The molecule has 0 aromatic rings. The van der Waals surface area contributed by atoms with E-state index in [0.717, 1.165) is 0 Å². The van der Waals surface area contributed by atoms with E-state index < -0.39 is 48.5 Å². The van der Waals surface area contributed by atoms with Gasteiger partial charge in [0.15, 0.2) is 12.2 Å². The van der Waals surface area contributed by atoms with Crippen molar-refractivity contribution in [2.24, 2.45) is 0 Å². The number of rotatable bonds is 15. The number of carbonyl (C=O) groups excluding carboxylic acids is 4. The molecule has 36 heavy (non-hydrogen) atoms. The van der Waals surface area contributed by atoms with Crippen LogP contribution in [0, 0.1) is 12.3 Å². The van der Waals surface area contributed by atoms with Gasteiger partial charge in [0.1, 0.15) is 6.54 Å². The van der Waals surface area contributed by atoms with E-state index in [0.29, 0.717) is 43.3 Å². The number of terminal acetylenes is 1. The molecule has 1 aliphatic heterocycles. The Morgan fingerprint density at radius 1 is 0.806 bits per heavy atom. The number of ether oxygens (including phenoxy) is 5. The van der Waals surface area contributed by atoms with E-state index >= 15 is 0 Å². The number of hydrogen-bond acceptors (Lipinski definition) is 9. The molecule has 1 rings (SSSR count). The van der Waals surface area contributed by atoms with Crippen LogP contribution in [-0.2, 0) is 42.9 Å². The van der Waals surface area contributed by atoms with Crippen LogP contribution in [0.2, 0.25) is 0 Å². The van der Waals surface area contributed by atoms with Crippen LogP contribution in [0.4, 0.5) is 0 Å². The summed E-state index contributed by atoms with van der Waals surface area (Å²) in [5.41, 5.74) is 0. The third-order valence-electron chi connectivity index (χ3n) is 5.47. The molecule has 0 bridgehead atoms. The quantitative estimate of drug-likeness (QED) is 0.141. The molecule has 4 atom stereocenters. The Kier molecular flexibility index (Phi) is 14.1. The zero-order valence-corrected chi connectivity index (χ0v) is 22.3. The van der Waals surface area contributed by atoms with Gasteiger partial charge in [-0.25, -0.2) is 0 Å². The number of esters is 4. The van der Waals surface area contributed by atoms with E-state index in [9.17, 15) is 19.2 Å². The summed E-state index contributed by atoms with van der Waals surface area (Å²) in [6.07, 6.45) is 3.25. The molecule has 0 aromatic carbocycles. The highest BCUT2D eigenvalue weighted by molar-refractivity contribution is 5.72. The van der Waals surface area contributed by atoms with Gasteiger partial charge in [-0.15, -0.1) is 6.42 Å². The maximum absolute atomic E-state index is 12.6. The van der Waals surface area contributed by atoms with Gasteiger partial charge in [-0.2, -0.15) is 0 Å². The molecule has 10 nitrogen and oxygen atoms in total. The Bertz CT molecular complexity index is 774. The van der Waals surface area contributed by atoms with Crippen LogP contribution in [0.5, 0.6) is 0 Å². The zero-order chi connectivity index (χ0) is 27.1. The van der Waals surface area contributed by atoms with Gasteiger partial charge in [0, 0.05) is 25.7 Å². The van der Waals surface area contributed by atoms with Crippen molar-refractivity contribution in [2.45, 2.75) is 96.7 Å². The first-order chi connectivity index (χ1) is 17.1. The number of carbonyl (C=O) groups is 4. The van der Waals surface area contributed by atoms with Crippen LogP contribution in [0.25, 0.3) is 0 Å². The molecule has 1 unspecified atom stereocenters. The first-order valence-electron chi connectivity index (χ1n) is 12.7. The Morgan fingerprint density at radius 2 is 1.31 bits per heavy atom. The van der Waals surface area contributed by atoms with E-state index in [2.05, 4.69) is 5.92 Å². The zero-order valence-electron chi connectivity index (χ0n) is 22.3. The molecule has 1 aliphatic rings. The number of nitrogens with zero attached hydrogens (tertiary/aromatic N) is 1. The molecule has 0 radical (unpaired) electrons. The lowest BCUT2D eigenvalue weighted by Gasteiger charge is -2.40. The average molecular weight is 513 g/mol. The fraction of sp³-hybridized carbons (Fsp3) is 0.769. The van der Waals surface area contributed by atoms with E-state index in [1.165, 1.54) is 0 Å². The van der Waals surface area contributed by atoms with E-state index in [4.69, 9.17) is 30.1 Å². The van der Waals surface area contributed by atoms with E-state index in [1.54, 1.807) is 0 Å². The number of hydrogen-bond donors (Lipinski definition) is 0. The third-order valence-corrected chi connectivity index (χ3v) is 5.47. The molecule has 0 aliphatic carbocycles. The molecule has 1 heterocycles. The topological polar surface area (TPSA) is 114 Å². The average Bonchev–Trinajstić information content (AvgIpc) is 2.77. The summed E-state index contributed by atoms with van der Waals surface area (Å²) in [5, 5.41) is 0. The summed E-state index contributed by atoms with van der Waals surface area (Å²) >= 11 is 0.